The second-order valence-electron chi connectivity index (χ2n) is 15.8. The van der Waals surface area contributed by atoms with Gasteiger partial charge in [-0.05, 0) is 54.3 Å². The van der Waals surface area contributed by atoms with Crippen LogP contribution in [0.5, 0.6) is 0 Å². The highest BCUT2D eigenvalue weighted by Gasteiger charge is 2.59. The van der Waals surface area contributed by atoms with Crippen LogP contribution < -0.4 is 16.0 Å². The van der Waals surface area contributed by atoms with E-state index in [1.165, 1.54) is 4.90 Å². The van der Waals surface area contributed by atoms with Crippen molar-refractivity contribution in [2.24, 2.45) is 22.7 Å². The first-order valence-electron chi connectivity index (χ1n) is 20.4. The minimum atomic E-state index is -1.55. The Morgan fingerprint density at radius 1 is 0.706 bits per heavy atom. The standard InChI is InChI=1S/C42H39N9O17/c1-21(2)32-33-22(3)30(34(48(33)35(32)53)39(57)66-36(54)23-4-10-27(11-5-23)49(60)61)20-47-17-16-26(19-47)44-31(52)18-43-40(45-41(58)67-37(55)24-6-12-28(13-7-24)50(62)63)46-42(59)68-38(56)25-8-14-29(15-9-25)51(64)65/h4-15,21-22,26,32-33H,16-20H2,1-3H3,(H,44,52)(H2,43,45,46,58,59)/t22-,26-,32+,33+/m0/s1. The number of fused-ring (bicyclic) bond motifs is 1. The Bertz CT molecular complexity index is 2580. The Balaban J connectivity index is 1.11. The highest BCUT2D eigenvalue weighted by Crippen LogP contribution is 2.49. The Morgan fingerprint density at radius 2 is 1.15 bits per heavy atom. The number of nitrogens with one attached hydrogen (secondary N) is 3. The van der Waals surface area contributed by atoms with Gasteiger partial charge in [-0.2, -0.15) is 0 Å². The van der Waals surface area contributed by atoms with E-state index in [0.717, 1.165) is 72.8 Å². The molecule has 0 radical (unpaired) electrons. The molecule has 6 rings (SSSR count). The fourth-order valence-electron chi connectivity index (χ4n) is 7.78. The number of non-ortho nitro benzene ring substituents is 3. The Morgan fingerprint density at radius 3 is 1.57 bits per heavy atom. The number of nitro benzene ring substituents is 3. The van der Waals surface area contributed by atoms with Gasteiger partial charge in [0.05, 0.1) is 43.4 Å². The topological polar surface area (TPSA) is 349 Å². The van der Waals surface area contributed by atoms with Gasteiger partial charge in [-0.25, -0.2) is 33.8 Å². The van der Waals surface area contributed by atoms with E-state index >= 15 is 0 Å². The number of likely N-dealkylation sites (tertiary alicyclic amines) is 1. The Hall–Kier alpha value is -8.81. The van der Waals surface area contributed by atoms with Gasteiger partial charge in [0.25, 0.3) is 17.1 Å². The molecular formula is C42H39N9O17. The number of alkyl carbamates (subject to hydrolysis) is 2. The van der Waals surface area contributed by atoms with Crippen LogP contribution in [0.15, 0.2) is 89.1 Å². The summed E-state index contributed by atoms with van der Waals surface area (Å²) in [6, 6.07) is 11.5. The van der Waals surface area contributed by atoms with Crippen LogP contribution in [0.1, 0.15) is 58.3 Å². The Labute approximate surface area is 382 Å². The summed E-state index contributed by atoms with van der Waals surface area (Å²) in [7, 11) is 0. The number of benzene rings is 3. The van der Waals surface area contributed by atoms with Crippen LogP contribution >= 0.6 is 0 Å². The van der Waals surface area contributed by atoms with Crippen LogP contribution in [-0.4, -0.2) is 117 Å². The van der Waals surface area contributed by atoms with Crippen LogP contribution in [0.2, 0.25) is 0 Å². The van der Waals surface area contributed by atoms with Crippen molar-refractivity contribution in [3.8, 4) is 0 Å². The van der Waals surface area contributed by atoms with E-state index in [2.05, 4.69) is 19.8 Å². The van der Waals surface area contributed by atoms with E-state index in [1.807, 2.05) is 36.3 Å². The van der Waals surface area contributed by atoms with Crippen LogP contribution in [0, 0.1) is 48.1 Å². The largest absolute Gasteiger partial charge is 0.421 e. The highest BCUT2D eigenvalue weighted by molar-refractivity contribution is 6.08. The van der Waals surface area contributed by atoms with E-state index in [4.69, 9.17) is 4.74 Å². The number of aliphatic imine (C=N–C) groups is 1. The second-order valence-corrected chi connectivity index (χ2v) is 15.8. The maximum atomic E-state index is 13.7. The average molecular weight is 942 g/mol. The van der Waals surface area contributed by atoms with E-state index in [-0.39, 0.29) is 70.3 Å². The van der Waals surface area contributed by atoms with E-state index < -0.39 is 87.2 Å². The molecule has 3 N–H and O–H groups in total. The number of hydrogen-bond donors (Lipinski definition) is 3. The zero-order valence-corrected chi connectivity index (χ0v) is 36.0. The smallest absolute Gasteiger partial charge is 0.385 e. The molecule has 68 heavy (non-hydrogen) atoms. The number of nitrogens with zero attached hydrogens (tertiary/aromatic N) is 6. The molecule has 26 nitrogen and oxygen atoms in total. The Kier molecular flexibility index (Phi) is 14.7. The van der Waals surface area contributed by atoms with Gasteiger partial charge < -0.3 is 24.4 Å². The van der Waals surface area contributed by atoms with Crippen molar-refractivity contribution in [3.05, 3.63) is 131 Å². The molecule has 0 saturated carbocycles. The molecule has 3 aromatic rings. The molecule has 3 aromatic carbocycles. The summed E-state index contributed by atoms with van der Waals surface area (Å²) in [5, 5.41) is 39.6. The van der Waals surface area contributed by atoms with E-state index in [9.17, 15) is 68.7 Å². The molecule has 2 fully saturated rings. The summed E-state index contributed by atoms with van der Waals surface area (Å²) in [6.45, 7) is 5.56. The molecular weight excluding hydrogens is 903 g/mol. The zero-order valence-electron chi connectivity index (χ0n) is 36.0. The van der Waals surface area contributed by atoms with Crippen molar-refractivity contribution >= 4 is 70.9 Å². The quantitative estimate of drug-likeness (QED) is 0.0324. The summed E-state index contributed by atoms with van der Waals surface area (Å²) in [6.07, 6.45) is -2.73. The summed E-state index contributed by atoms with van der Waals surface area (Å²) in [5.41, 5.74) is -1.26. The number of hydrogen-bond acceptors (Lipinski definition) is 19. The molecule has 0 unspecified atom stereocenters. The molecule has 0 aromatic heterocycles. The normalized spacial score (nSPS) is 18.4. The molecule has 0 spiro atoms. The van der Waals surface area contributed by atoms with E-state index in [0.29, 0.717) is 18.5 Å². The molecule has 4 atom stereocenters. The van der Waals surface area contributed by atoms with Crippen molar-refractivity contribution < 1.29 is 67.3 Å². The summed E-state index contributed by atoms with van der Waals surface area (Å²) in [4.78, 5) is 142. The van der Waals surface area contributed by atoms with Gasteiger partial charge in [0.1, 0.15) is 12.2 Å². The molecule has 3 aliphatic heterocycles. The summed E-state index contributed by atoms with van der Waals surface area (Å²) in [5.74, 6) is -7.46. The summed E-state index contributed by atoms with van der Waals surface area (Å²) >= 11 is 0. The van der Waals surface area contributed by atoms with Gasteiger partial charge in [0.2, 0.25) is 17.8 Å². The lowest BCUT2D eigenvalue weighted by Crippen LogP contribution is -2.62. The van der Waals surface area contributed by atoms with Gasteiger partial charge in [-0.15, -0.1) is 0 Å². The highest BCUT2D eigenvalue weighted by atomic mass is 16.6. The maximum Gasteiger partial charge on any atom is 0.421 e. The molecule has 0 aliphatic carbocycles. The maximum absolute atomic E-state index is 13.7. The fraction of sp³-hybridized carbons (Fsp3) is 0.310. The lowest BCUT2D eigenvalue weighted by atomic mass is 9.74. The first-order valence-corrected chi connectivity index (χ1v) is 20.4. The lowest BCUT2D eigenvalue weighted by Gasteiger charge is -2.47. The number of rotatable bonds is 13. The number of nitro groups is 3. The van der Waals surface area contributed by atoms with Crippen molar-refractivity contribution in [2.45, 2.75) is 39.3 Å². The number of amides is 4. The minimum Gasteiger partial charge on any atom is -0.385 e. The van der Waals surface area contributed by atoms with E-state index in [1.54, 1.807) is 0 Å². The number of esters is 4. The van der Waals surface area contributed by atoms with Crippen LogP contribution in [0.3, 0.4) is 0 Å². The number of ether oxygens (including phenoxy) is 3. The predicted octanol–water partition coefficient (Wildman–Crippen LogP) is 3.16. The third-order valence-electron chi connectivity index (χ3n) is 11.1. The van der Waals surface area contributed by atoms with Crippen LogP contribution in [0.25, 0.3) is 0 Å². The molecule has 26 heteroatoms. The zero-order chi connectivity index (χ0) is 49.6. The van der Waals surface area contributed by atoms with Crippen molar-refractivity contribution in [2.75, 3.05) is 26.2 Å². The molecule has 4 amide bonds. The molecule has 0 bridgehead atoms. The summed E-state index contributed by atoms with van der Waals surface area (Å²) < 4.78 is 14.6. The fourth-order valence-corrected chi connectivity index (χ4v) is 7.78. The average Bonchev–Trinajstić information content (AvgIpc) is 3.83. The lowest BCUT2D eigenvalue weighted by molar-refractivity contribution is -0.385. The van der Waals surface area contributed by atoms with Crippen LogP contribution in [-0.2, 0) is 28.6 Å². The second kappa shape index (κ2) is 20.6. The monoisotopic (exact) mass is 941 g/mol. The van der Waals surface area contributed by atoms with Gasteiger partial charge in [0, 0.05) is 68.0 Å². The van der Waals surface area contributed by atoms with Gasteiger partial charge in [-0.1, -0.05) is 20.8 Å². The molecule has 3 heterocycles. The number of carbonyl (C=O) groups excluding carboxylic acids is 8. The van der Waals surface area contributed by atoms with Crippen LogP contribution in [0.4, 0.5) is 26.7 Å². The molecule has 3 aliphatic rings. The number of guanidine groups is 1. The number of carbonyl (C=O) groups is 8. The van der Waals surface area contributed by atoms with Crippen molar-refractivity contribution in [1.82, 2.24) is 25.8 Å². The van der Waals surface area contributed by atoms with Gasteiger partial charge in [0.15, 0.2) is 0 Å². The van der Waals surface area contributed by atoms with Gasteiger partial charge in [-0.3, -0.25) is 55.5 Å². The van der Waals surface area contributed by atoms with Crippen molar-refractivity contribution in [3.63, 3.8) is 0 Å². The predicted molar refractivity (Wildman–Crippen MR) is 228 cm³/mol. The third-order valence-corrected chi connectivity index (χ3v) is 11.1. The number of β-lactam (4-membered cyclic amide) rings is 1. The SMILES string of the molecule is CC(C)[C@H]1C(=O)N2C(C(=O)OC(=O)c3ccc([N+](=O)[O-])cc3)=C(CN3CC[C@H](NC(=O)CN=C(NC(=O)OC(=O)c4ccc([N+](=O)[O-])cc4)NC(=O)OC(=O)c4ccc([N+](=O)[O-])cc4)C3)[C@H](C)[C@H]12. The van der Waals surface area contributed by atoms with Gasteiger partial charge >= 0.3 is 36.1 Å². The molecule has 2 saturated heterocycles. The first kappa shape index (κ1) is 48.6. The first-order chi connectivity index (χ1) is 32.2. The third kappa shape index (κ3) is 11.2. The minimum absolute atomic E-state index is 0.0735. The molecule has 354 valence electrons. The van der Waals surface area contributed by atoms with Crippen molar-refractivity contribution in [1.29, 1.82) is 0 Å².